The lowest BCUT2D eigenvalue weighted by Crippen LogP contribution is -2.45. The maximum Gasteiger partial charge on any atom is 0.0545 e. The second-order valence-electron chi connectivity index (χ2n) is 3.17. The summed E-state index contributed by atoms with van der Waals surface area (Å²) in [5.41, 5.74) is 11.5. The highest BCUT2D eigenvalue weighted by molar-refractivity contribution is 4.87. The van der Waals surface area contributed by atoms with E-state index in [1.54, 1.807) is 0 Å². The van der Waals surface area contributed by atoms with E-state index >= 15 is 0 Å². The van der Waals surface area contributed by atoms with Crippen molar-refractivity contribution in [1.29, 1.82) is 0 Å². The van der Waals surface area contributed by atoms with Gasteiger partial charge in [0.25, 0.3) is 0 Å². The maximum absolute atomic E-state index is 5.81. The monoisotopic (exact) mass is 143 g/mol. The van der Waals surface area contributed by atoms with Crippen molar-refractivity contribution in [2.75, 3.05) is 6.54 Å². The normalized spacial score (nSPS) is 38.4. The van der Waals surface area contributed by atoms with Crippen molar-refractivity contribution in [2.24, 2.45) is 11.5 Å². The molecule has 0 aliphatic carbocycles. The van der Waals surface area contributed by atoms with Gasteiger partial charge in [-0.3, -0.25) is 4.90 Å². The van der Waals surface area contributed by atoms with Crippen molar-refractivity contribution in [3.8, 4) is 0 Å². The van der Waals surface area contributed by atoms with Gasteiger partial charge in [-0.05, 0) is 20.3 Å². The van der Waals surface area contributed by atoms with E-state index < -0.39 is 0 Å². The van der Waals surface area contributed by atoms with Gasteiger partial charge in [-0.15, -0.1) is 0 Å². The molecule has 3 heteroatoms. The standard InChI is InChI=1S/C7H17N3/c1-5-7(9)3-4-10(5)6(2)8/h5-7H,3-4,8-9H2,1-2H3/t5-,6?,7-/m1/s1. The van der Waals surface area contributed by atoms with Crippen LogP contribution >= 0.6 is 0 Å². The van der Waals surface area contributed by atoms with Crippen LogP contribution in [0, 0.1) is 0 Å². The highest BCUT2D eigenvalue weighted by Crippen LogP contribution is 2.16. The summed E-state index contributed by atoms with van der Waals surface area (Å²) in [6.07, 6.45) is 1.24. The largest absolute Gasteiger partial charge is 0.326 e. The molecule has 60 valence electrons. The van der Waals surface area contributed by atoms with Crippen molar-refractivity contribution in [2.45, 2.75) is 38.5 Å². The summed E-state index contributed by atoms with van der Waals surface area (Å²) in [6, 6.07) is 0.783. The molecule has 0 aromatic heterocycles. The van der Waals surface area contributed by atoms with Crippen LogP contribution in [0.1, 0.15) is 20.3 Å². The van der Waals surface area contributed by atoms with Gasteiger partial charge in [0.2, 0.25) is 0 Å². The second-order valence-corrected chi connectivity index (χ2v) is 3.17. The Bertz CT molecular complexity index is 113. The Morgan fingerprint density at radius 2 is 2.20 bits per heavy atom. The number of hydrogen-bond acceptors (Lipinski definition) is 3. The number of rotatable bonds is 1. The molecule has 3 atom stereocenters. The predicted molar refractivity (Wildman–Crippen MR) is 42.4 cm³/mol. The van der Waals surface area contributed by atoms with Gasteiger partial charge in [0.15, 0.2) is 0 Å². The molecule has 1 heterocycles. The smallest absolute Gasteiger partial charge is 0.0545 e. The first kappa shape index (κ1) is 7.98. The lowest BCUT2D eigenvalue weighted by Gasteiger charge is -2.26. The minimum Gasteiger partial charge on any atom is -0.326 e. The third-order valence-electron chi connectivity index (χ3n) is 2.39. The van der Waals surface area contributed by atoms with Crippen molar-refractivity contribution in [3.63, 3.8) is 0 Å². The topological polar surface area (TPSA) is 55.3 Å². The molecule has 4 N–H and O–H groups in total. The molecule has 1 saturated heterocycles. The SMILES string of the molecule is CC(N)N1CC[C@@H](N)[C@H]1C. The minimum absolute atomic E-state index is 0.156. The minimum atomic E-state index is 0.156. The first-order valence-electron chi connectivity index (χ1n) is 3.90. The molecular formula is C7H17N3. The molecule has 1 aliphatic heterocycles. The average Bonchev–Trinajstić information content (AvgIpc) is 2.14. The highest BCUT2D eigenvalue weighted by atomic mass is 15.3. The lowest BCUT2D eigenvalue weighted by molar-refractivity contribution is 0.201. The molecule has 0 spiro atoms. The number of nitrogens with two attached hydrogens (primary N) is 2. The van der Waals surface area contributed by atoms with E-state index in [9.17, 15) is 0 Å². The number of likely N-dealkylation sites (tertiary alicyclic amines) is 1. The average molecular weight is 143 g/mol. The van der Waals surface area contributed by atoms with Gasteiger partial charge in [-0.1, -0.05) is 0 Å². The zero-order chi connectivity index (χ0) is 7.72. The van der Waals surface area contributed by atoms with Gasteiger partial charge in [-0.2, -0.15) is 0 Å². The molecule has 0 saturated carbocycles. The van der Waals surface area contributed by atoms with E-state index in [1.807, 2.05) is 6.92 Å². The predicted octanol–water partition coefficient (Wildman–Crippen LogP) is -0.287. The molecule has 0 aromatic rings. The molecule has 0 amide bonds. The molecule has 0 aromatic carbocycles. The van der Waals surface area contributed by atoms with Crippen LogP contribution in [0.15, 0.2) is 0 Å². The van der Waals surface area contributed by atoms with Gasteiger partial charge in [0.05, 0.1) is 6.17 Å². The molecule has 1 unspecified atom stereocenters. The van der Waals surface area contributed by atoms with Crippen LogP contribution in [-0.4, -0.2) is 29.7 Å². The van der Waals surface area contributed by atoms with E-state index in [4.69, 9.17) is 11.5 Å². The summed E-state index contributed by atoms with van der Waals surface area (Å²) in [4.78, 5) is 2.24. The number of nitrogens with zero attached hydrogens (tertiary/aromatic N) is 1. The summed E-state index contributed by atoms with van der Waals surface area (Å²) in [6.45, 7) is 5.20. The summed E-state index contributed by atoms with van der Waals surface area (Å²) in [5.74, 6) is 0. The summed E-state index contributed by atoms with van der Waals surface area (Å²) < 4.78 is 0. The molecule has 1 fully saturated rings. The first-order chi connectivity index (χ1) is 4.63. The van der Waals surface area contributed by atoms with Gasteiger partial charge >= 0.3 is 0 Å². The van der Waals surface area contributed by atoms with Gasteiger partial charge in [-0.25, -0.2) is 0 Å². The van der Waals surface area contributed by atoms with Crippen LogP contribution in [0.25, 0.3) is 0 Å². The second kappa shape index (κ2) is 2.86. The van der Waals surface area contributed by atoms with E-state index in [0.29, 0.717) is 12.1 Å². The first-order valence-corrected chi connectivity index (χ1v) is 3.90. The molecule has 0 radical (unpaired) electrons. The van der Waals surface area contributed by atoms with Crippen LogP contribution in [0.3, 0.4) is 0 Å². The Morgan fingerprint density at radius 1 is 1.60 bits per heavy atom. The lowest BCUT2D eigenvalue weighted by atomic mass is 10.2. The Labute approximate surface area is 62.4 Å². The van der Waals surface area contributed by atoms with E-state index in [-0.39, 0.29) is 6.17 Å². The van der Waals surface area contributed by atoms with E-state index in [2.05, 4.69) is 11.8 Å². The van der Waals surface area contributed by atoms with Crippen LogP contribution in [0.4, 0.5) is 0 Å². The molecule has 10 heavy (non-hydrogen) atoms. The maximum atomic E-state index is 5.81. The third-order valence-corrected chi connectivity index (χ3v) is 2.39. The van der Waals surface area contributed by atoms with E-state index in [0.717, 1.165) is 13.0 Å². The Balaban J connectivity index is 2.49. The quantitative estimate of drug-likeness (QED) is 0.530. The van der Waals surface area contributed by atoms with Crippen molar-refractivity contribution in [3.05, 3.63) is 0 Å². The molecule has 0 bridgehead atoms. The zero-order valence-electron chi connectivity index (χ0n) is 6.75. The summed E-state index contributed by atoms with van der Waals surface area (Å²) in [7, 11) is 0. The Hall–Kier alpha value is -0.120. The van der Waals surface area contributed by atoms with Crippen molar-refractivity contribution < 1.29 is 0 Å². The number of hydrogen-bond donors (Lipinski definition) is 2. The molecular weight excluding hydrogens is 126 g/mol. The van der Waals surface area contributed by atoms with Crippen LogP contribution in [-0.2, 0) is 0 Å². The van der Waals surface area contributed by atoms with E-state index in [1.165, 1.54) is 0 Å². The van der Waals surface area contributed by atoms with Gasteiger partial charge < -0.3 is 11.5 Å². The fourth-order valence-corrected chi connectivity index (χ4v) is 1.56. The van der Waals surface area contributed by atoms with Crippen LogP contribution in [0.5, 0.6) is 0 Å². The van der Waals surface area contributed by atoms with Crippen LogP contribution < -0.4 is 11.5 Å². The summed E-state index contributed by atoms with van der Waals surface area (Å²) >= 11 is 0. The molecule has 3 nitrogen and oxygen atoms in total. The third kappa shape index (κ3) is 1.31. The van der Waals surface area contributed by atoms with Gasteiger partial charge in [0.1, 0.15) is 0 Å². The zero-order valence-corrected chi connectivity index (χ0v) is 6.75. The van der Waals surface area contributed by atoms with Crippen molar-refractivity contribution >= 4 is 0 Å². The molecule has 1 rings (SSSR count). The Morgan fingerprint density at radius 3 is 2.40 bits per heavy atom. The van der Waals surface area contributed by atoms with Crippen LogP contribution in [0.2, 0.25) is 0 Å². The highest BCUT2D eigenvalue weighted by Gasteiger charge is 2.29. The summed E-state index contributed by atoms with van der Waals surface area (Å²) in [5, 5.41) is 0. The molecule has 1 aliphatic rings. The van der Waals surface area contributed by atoms with Gasteiger partial charge in [0, 0.05) is 18.6 Å². The fourth-order valence-electron chi connectivity index (χ4n) is 1.56. The van der Waals surface area contributed by atoms with Crippen molar-refractivity contribution in [1.82, 2.24) is 4.90 Å². The fraction of sp³-hybridized carbons (Fsp3) is 1.00. The Kier molecular flexibility index (Phi) is 2.28.